The van der Waals surface area contributed by atoms with Gasteiger partial charge in [0.05, 0.1) is 42.7 Å². The lowest BCUT2D eigenvalue weighted by atomic mass is 9.97. The van der Waals surface area contributed by atoms with Crippen LogP contribution in [0.4, 0.5) is 0 Å². The molecule has 0 spiro atoms. The van der Waals surface area contributed by atoms with E-state index in [1.165, 1.54) is 20.8 Å². The first-order valence-electron chi connectivity index (χ1n) is 32.8. The van der Waals surface area contributed by atoms with Crippen LogP contribution in [-0.2, 0) is 71.6 Å². The molecule has 3 aliphatic rings. The molecule has 0 aromatic heterocycles. The number of hydrogen-bond acceptors (Lipinski definition) is 24. The minimum Gasteiger partial charge on any atom is -0.394 e. The van der Waals surface area contributed by atoms with Gasteiger partial charge >= 0.3 is 0 Å². The summed E-state index contributed by atoms with van der Waals surface area (Å²) in [5, 5.41) is 113. The van der Waals surface area contributed by atoms with Crippen LogP contribution >= 0.6 is 22.9 Å². The van der Waals surface area contributed by atoms with Gasteiger partial charge in [0.25, 0.3) is 0 Å². The van der Waals surface area contributed by atoms with Crippen molar-refractivity contribution in [1.82, 2.24) is 46.1 Å². The molecule has 542 valence electrons. The molecule has 0 bridgehead atoms. The highest BCUT2D eigenvalue weighted by molar-refractivity contribution is 14.1. The maximum Gasteiger partial charge on any atom is 0.243 e. The van der Waals surface area contributed by atoms with Crippen LogP contribution in [0.25, 0.3) is 0 Å². The van der Waals surface area contributed by atoms with Gasteiger partial charge in [0.1, 0.15) is 85.1 Å². The van der Waals surface area contributed by atoms with Crippen molar-refractivity contribution in [2.24, 2.45) is 0 Å². The zero-order chi connectivity index (χ0) is 69.5. The van der Waals surface area contributed by atoms with Crippen molar-refractivity contribution in [3.05, 3.63) is 0 Å². The van der Waals surface area contributed by atoms with Crippen molar-refractivity contribution < 1.29 is 118 Å². The summed E-state index contributed by atoms with van der Waals surface area (Å²) in [7, 11) is 0. The van der Waals surface area contributed by atoms with Crippen LogP contribution in [0.2, 0.25) is 0 Å². The molecule has 17 unspecified atom stereocenters. The molecule has 3 heterocycles. The number of aliphatic hydroxyl groups is 9. The molecule has 3 aliphatic heterocycles. The fourth-order valence-corrected chi connectivity index (χ4v) is 11.0. The van der Waals surface area contributed by atoms with Gasteiger partial charge in [-0.15, -0.1) is 0 Å². The van der Waals surface area contributed by atoms with Gasteiger partial charge in [-0.1, -0.05) is 25.7 Å². The second-order valence-corrected chi connectivity index (χ2v) is 24.4. The SMILES string of the molecule is CC(=O)NC1C(OCCCCCC(=O)NCCCCC(NC(=O)CCCCCOC2OC(CO)C(O)C(O)C2NC(C)=O)C(=O)NC(CCCCNC(=O)CCCCCOC2OC(CO)C(O)C(O)C2NC(C)=O)C(=O)NCCCCCC(=O)NI)OC(CO)C(O)C1O. The Morgan fingerprint density at radius 2 is 0.702 bits per heavy atom. The standard InChI is InChI=1S/C60H106IN9O24/c1-35(74)65-47-53(84)50(81)40(32-71)92-58(47)89-29-17-5-9-22-43(77)62-26-15-12-20-38(56(87)64-28-14-4-8-25-46(80)70-61)69-57(88)39(68-45(79)24-11-7-19-31-91-60-49(67-37(3)76)55(86)52(83)42(34-73)94-60)21-13-16-27-63-44(78)23-10-6-18-30-90-59-48(66-36(2)75)54(85)51(82)41(33-72)93-59/h38-42,47-55,58-60,71-73,81-86H,4-34H2,1-3H3,(H,62,77)(H,63,78)(H,64,87)(H,65,74)(H,66,75)(H,67,76)(H,68,79)(H,69,88)(H,70,80). The van der Waals surface area contributed by atoms with Gasteiger partial charge in [0.15, 0.2) is 18.9 Å². The summed E-state index contributed by atoms with van der Waals surface area (Å²) in [5.41, 5.74) is 0. The number of ether oxygens (including phenoxy) is 6. The minimum absolute atomic E-state index is 0.00709. The van der Waals surface area contributed by atoms with Crippen molar-refractivity contribution in [3.63, 3.8) is 0 Å². The Hall–Kier alpha value is -4.64. The number of hydrogen-bond donors (Lipinski definition) is 18. The fraction of sp³-hybridized carbons (Fsp3) is 0.850. The third-order valence-corrected chi connectivity index (χ3v) is 16.6. The topological polar surface area (TPSA) is 499 Å². The number of amides is 9. The second kappa shape index (κ2) is 47.3. The molecular weight excluding hydrogens is 1360 g/mol. The van der Waals surface area contributed by atoms with Crippen LogP contribution in [-0.4, -0.2) is 262 Å². The number of nitrogens with one attached hydrogen (secondary N) is 9. The van der Waals surface area contributed by atoms with Crippen molar-refractivity contribution in [3.8, 4) is 0 Å². The molecule has 3 rings (SSSR count). The highest BCUT2D eigenvalue weighted by Gasteiger charge is 2.48. The highest BCUT2D eigenvalue weighted by Crippen LogP contribution is 2.26. The van der Waals surface area contributed by atoms with Crippen LogP contribution in [0, 0.1) is 0 Å². The maximum absolute atomic E-state index is 14.2. The summed E-state index contributed by atoms with van der Waals surface area (Å²) in [4.78, 5) is 114. The molecule has 94 heavy (non-hydrogen) atoms. The first-order valence-corrected chi connectivity index (χ1v) is 33.9. The monoisotopic (exact) mass is 1460 g/mol. The maximum atomic E-state index is 14.2. The summed E-state index contributed by atoms with van der Waals surface area (Å²) >= 11 is 1.77. The number of halogens is 1. The van der Waals surface area contributed by atoms with Crippen LogP contribution in [0.15, 0.2) is 0 Å². The summed E-state index contributed by atoms with van der Waals surface area (Å²) < 4.78 is 36.6. The Kier molecular flexibility index (Phi) is 42.1. The molecular formula is C60H106IN9O24. The highest BCUT2D eigenvalue weighted by atomic mass is 127. The first kappa shape index (κ1) is 83.6. The fourth-order valence-electron chi connectivity index (χ4n) is 10.8. The van der Waals surface area contributed by atoms with E-state index in [9.17, 15) is 89.1 Å². The van der Waals surface area contributed by atoms with E-state index >= 15 is 0 Å². The predicted molar refractivity (Wildman–Crippen MR) is 341 cm³/mol. The summed E-state index contributed by atoms with van der Waals surface area (Å²) in [6.07, 6.45) is -6.92. The Labute approximate surface area is 562 Å². The van der Waals surface area contributed by atoms with Gasteiger partial charge in [-0.3, -0.25) is 46.7 Å². The van der Waals surface area contributed by atoms with Crippen molar-refractivity contribution in [2.45, 2.75) is 266 Å². The summed E-state index contributed by atoms with van der Waals surface area (Å²) in [6, 6.07) is -5.43. The Bertz CT molecular complexity index is 2270. The van der Waals surface area contributed by atoms with E-state index in [0.717, 1.165) is 0 Å². The van der Waals surface area contributed by atoms with Crippen LogP contribution in [0.1, 0.15) is 162 Å². The molecule has 0 saturated carbocycles. The number of carbonyl (C=O) groups excluding carboxylic acids is 9. The van der Waals surface area contributed by atoms with Crippen LogP contribution in [0.3, 0.4) is 0 Å². The lowest BCUT2D eigenvalue weighted by molar-refractivity contribution is -0.270. The van der Waals surface area contributed by atoms with Crippen LogP contribution in [0.5, 0.6) is 0 Å². The van der Waals surface area contributed by atoms with Gasteiger partial charge in [-0.05, 0) is 89.9 Å². The van der Waals surface area contributed by atoms with Crippen LogP contribution < -0.4 is 46.1 Å². The van der Waals surface area contributed by atoms with E-state index in [2.05, 4.69) is 46.1 Å². The van der Waals surface area contributed by atoms with Gasteiger partial charge in [0.2, 0.25) is 53.2 Å². The number of carbonyl (C=O) groups is 9. The zero-order valence-electron chi connectivity index (χ0n) is 54.3. The Morgan fingerprint density at radius 1 is 0.383 bits per heavy atom. The molecule has 17 atom stereocenters. The Balaban J connectivity index is 1.58. The van der Waals surface area contributed by atoms with E-state index in [4.69, 9.17) is 28.4 Å². The molecule has 3 fully saturated rings. The van der Waals surface area contributed by atoms with E-state index in [1.54, 1.807) is 22.9 Å². The molecule has 0 aliphatic carbocycles. The summed E-state index contributed by atoms with van der Waals surface area (Å²) in [5.74, 6) is -3.58. The molecule has 9 amide bonds. The lowest BCUT2D eigenvalue weighted by Gasteiger charge is -2.42. The number of rotatable bonds is 47. The largest absolute Gasteiger partial charge is 0.394 e. The molecule has 0 aromatic rings. The van der Waals surface area contributed by atoms with E-state index in [1.807, 2.05) is 0 Å². The number of aliphatic hydroxyl groups excluding tert-OH is 9. The molecule has 18 N–H and O–H groups in total. The predicted octanol–water partition coefficient (Wildman–Crippen LogP) is -3.77. The van der Waals surface area contributed by atoms with Crippen molar-refractivity contribution in [1.29, 1.82) is 0 Å². The van der Waals surface area contributed by atoms with E-state index in [0.29, 0.717) is 109 Å². The van der Waals surface area contributed by atoms with Gasteiger partial charge in [0, 0.05) is 85.9 Å². The van der Waals surface area contributed by atoms with E-state index in [-0.39, 0.29) is 89.3 Å². The lowest BCUT2D eigenvalue weighted by Crippen LogP contribution is -2.64. The van der Waals surface area contributed by atoms with Crippen molar-refractivity contribution >= 4 is 76.0 Å². The zero-order valence-corrected chi connectivity index (χ0v) is 56.4. The smallest absolute Gasteiger partial charge is 0.243 e. The van der Waals surface area contributed by atoms with E-state index < -0.39 is 159 Å². The quantitative estimate of drug-likeness (QED) is 0.0158. The third kappa shape index (κ3) is 31.7. The average Bonchev–Trinajstić information content (AvgIpc) is 0.853. The van der Waals surface area contributed by atoms with Gasteiger partial charge < -0.3 is 117 Å². The molecule has 0 aromatic carbocycles. The molecule has 3 saturated heterocycles. The van der Waals surface area contributed by atoms with Crippen molar-refractivity contribution in [2.75, 3.05) is 59.3 Å². The third-order valence-electron chi connectivity index (χ3n) is 16.0. The minimum atomic E-state index is -1.49. The molecule has 0 radical (unpaired) electrons. The summed E-state index contributed by atoms with van der Waals surface area (Å²) in [6.45, 7) is 3.01. The second-order valence-electron chi connectivity index (χ2n) is 23.8. The average molecular weight is 1460 g/mol. The van der Waals surface area contributed by atoms with Gasteiger partial charge in [-0.25, -0.2) is 0 Å². The molecule has 34 heteroatoms. The van der Waals surface area contributed by atoms with Gasteiger partial charge in [-0.2, -0.15) is 0 Å². The molecule has 33 nitrogen and oxygen atoms in total. The first-order chi connectivity index (χ1) is 45.0. The Morgan fingerprint density at radius 3 is 1.05 bits per heavy atom. The normalized spacial score (nSPS) is 26.6. The number of unbranched alkanes of at least 4 members (excludes halogenated alkanes) is 10.